The Morgan fingerprint density at radius 3 is 2.17 bits per heavy atom. The van der Waals surface area contributed by atoms with Crippen molar-refractivity contribution in [3.05, 3.63) is 77.5 Å². The minimum absolute atomic E-state index is 0.178. The molecule has 0 amide bonds. The molecule has 0 bridgehead atoms. The number of benzene rings is 2. The van der Waals surface area contributed by atoms with E-state index in [4.69, 9.17) is 23.7 Å². The molecule has 2 heterocycles. The molecular formula is C31H36N2O7S. The number of aryl methyl sites for hydroxylation is 1. The maximum Gasteiger partial charge on any atom is 0.338 e. The Bertz CT molecular complexity index is 1670. The molecule has 1 atom stereocenters. The minimum Gasteiger partial charge on any atom is -0.496 e. The summed E-state index contributed by atoms with van der Waals surface area (Å²) < 4.78 is 29.7. The van der Waals surface area contributed by atoms with E-state index in [1.807, 2.05) is 19.1 Å². The highest BCUT2D eigenvalue weighted by Gasteiger charge is 2.34. The van der Waals surface area contributed by atoms with Gasteiger partial charge < -0.3 is 23.7 Å². The first-order chi connectivity index (χ1) is 19.6. The zero-order valence-corrected chi connectivity index (χ0v) is 25.7. The molecule has 1 aliphatic rings. The van der Waals surface area contributed by atoms with Gasteiger partial charge >= 0.3 is 5.97 Å². The van der Waals surface area contributed by atoms with Crippen LogP contribution < -0.4 is 33.8 Å². The molecule has 3 aromatic rings. The van der Waals surface area contributed by atoms with Crippen molar-refractivity contribution in [2.75, 3.05) is 35.0 Å². The molecule has 1 aliphatic heterocycles. The van der Waals surface area contributed by atoms with Gasteiger partial charge in [0.15, 0.2) is 16.3 Å². The van der Waals surface area contributed by atoms with Gasteiger partial charge in [0.25, 0.3) is 5.56 Å². The Balaban J connectivity index is 2.02. The van der Waals surface area contributed by atoms with Crippen LogP contribution in [0.4, 0.5) is 0 Å². The third-order valence-electron chi connectivity index (χ3n) is 7.05. The van der Waals surface area contributed by atoms with Crippen LogP contribution in [0, 0.1) is 6.92 Å². The van der Waals surface area contributed by atoms with E-state index < -0.39 is 12.0 Å². The molecule has 0 unspecified atom stereocenters. The zero-order valence-electron chi connectivity index (χ0n) is 24.9. The van der Waals surface area contributed by atoms with Crippen LogP contribution in [0.25, 0.3) is 6.08 Å². The fourth-order valence-corrected chi connectivity index (χ4v) is 6.04. The van der Waals surface area contributed by atoms with Crippen molar-refractivity contribution in [3.63, 3.8) is 0 Å². The maximum atomic E-state index is 14.1. The standard InChI is InChI=1S/C31H36N2O7S/c1-10-40-30(35)26-18(5)32-31-33(27(26)20-13-23(37-7)28(39-9)24(14-20)38-8)29(34)25(41-31)15-19-12-21(16(2)3)22(36-6)11-17(19)4/h11-16,27H,10H2,1-9H3/b25-15+/t27-/m0/s1. The molecule has 2 aromatic carbocycles. The lowest BCUT2D eigenvalue weighted by molar-refractivity contribution is -0.139. The van der Waals surface area contributed by atoms with E-state index in [0.29, 0.717) is 37.8 Å². The number of aromatic nitrogens is 1. The van der Waals surface area contributed by atoms with Gasteiger partial charge in [-0.1, -0.05) is 25.2 Å². The average molecular weight is 581 g/mol. The Morgan fingerprint density at radius 1 is 1.00 bits per heavy atom. The van der Waals surface area contributed by atoms with E-state index >= 15 is 0 Å². The van der Waals surface area contributed by atoms with Crippen molar-refractivity contribution in [1.29, 1.82) is 0 Å². The van der Waals surface area contributed by atoms with E-state index in [-0.39, 0.29) is 23.7 Å². The normalized spacial score (nSPS) is 15.0. The molecule has 0 saturated carbocycles. The largest absolute Gasteiger partial charge is 0.496 e. The number of hydrogen-bond acceptors (Lipinski definition) is 9. The molecule has 218 valence electrons. The Labute approximate surface area is 243 Å². The highest BCUT2D eigenvalue weighted by atomic mass is 32.1. The van der Waals surface area contributed by atoms with Crippen LogP contribution in [0.1, 0.15) is 61.9 Å². The summed E-state index contributed by atoms with van der Waals surface area (Å²) in [6.45, 7) is 9.84. The summed E-state index contributed by atoms with van der Waals surface area (Å²) in [6, 6.07) is 6.69. The molecule has 0 fully saturated rings. The van der Waals surface area contributed by atoms with E-state index in [9.17, 15) is 9.59 Å². The summed E-state index contributed by atoms with van der Waals surface area (Å²) in [4.78, 5) is 32.6. The van der Waals surface area contributed by atoms with Crippen molar-refractivity contribution in [3.8, 4) is 23.0 Å². The molecule has 4 rings (SSSR count). The third kappa shape index (κ3) is 5.48. The maximum absolute atomic E-state index is 14.1. The highest BCUT2D eigenvalue weighted by molar-refractivity contribution is 7.07. The van der Waals surface area contributed by atoms with Gasteiger partial charge in [0.05, 0.1) is 56.9 Å². The van der Waals surface area contributed by atoms with Crippen molar-refractivity contribution in [2.45, 2.75) is 46.6 Å². The number of ether oxygens (including phenoxy) is 5. The number of fused-ring (bicyclic) bond motifs is 1. The summed E-state index contributed by atoms with van der Waals surface area (Å²) in [5.41, 5.74) is 3.98. The monoisotopic (exact) mass is 580 g/mol. The molecule has 41 heavy (non-hydrogen) atoms. The Kier molecular flexibility index (Phi) is 8.92. The van der Waals surface area contributed by atoms with Gasteiger partial charge in [-0.3, -0.25) is 9.36 Å². The first kappa shape index (κ1) is 29.9. The number of methoxy groups -OCH3 is 4. The van der Waals surface area contributed by atoms with E-state index in [2.05, 4.69) is 24.9 Å². The van der Waals surface area contributed by atoms with E-state index in [1.165, 1.54) is 32.7 Å². The average Bonchev–Trinajstić information content (AvgIpc) is 3.25. The van der Waals surface area contributed by atoms with Crippen LogP contribution in [0.2, 0.25) is 0 Å². The van der Waals surface area contributed by atoms with Gasteiger partial charge in [0.1, 0.15) is 5.75 Å². The van der Waals surface area contributed by atoms with Gasteiger partial charge in [0, 0.05) is 0 Å². The number of allylic oxidation sites excluding steroid dienone is 1. The summed E-state index contributed by atoms with van der Waals surface area (Å²) in [7, 11) is 6.21. The molecule has 9 nitrogen and oxygen atoms in total. The molecule has 0 aliphatic carbocycles. The van der Waals surface area contributed by atoms with Crippen LogP contribution in [0.15, 0.2) is 45.3 Å². The number of thiazole rings is 1. The molecule has 0 N–H and O–H groups in total. The summed E-state index contributed by atoms with van der Waals surface area (Å²) in [5, 5.41) is 0. The molecule has 0 spiro atoms. The van der Waals surface area contributed by atoms with E-state index in [1.54, 1.807) is 37.7 Å². The van der Waals surface area contributed by atoms with Crippen molar-refractivity contribution < 1.29 is 28.5 Å². The Morgan fingerprint density at radius 2 is 1.63 bits per heavy atom. The Hall–Kier alpha value is -4.05. The molecule has 10 heteroatoms. The SMILES string of the molecule is CCOC(=O)C1=C(C)N=c2s/c(=C/c3cc(C(C)C)c(OC)cc3C)c(=O)n2[C@H]1c1cc(OC)c(OC)c(OC)c1. The number of rotatable bonds is 9. The smallest absolute Gasteiger partial charge is 0.338 e. The van der Waals surface area contributed by atoms with Crippen LogP contribution >= 0.6 is 11.3 Å². The van der Waals surface area contributed by atoms with Crippen molar-refractivity contribution in [1.82, 2.24) is 4.57 Å². The number of carbonyl (C=O) groups is 1. The van der Waals surface area contributed by atoms with Crippen molar-refractivity contribution in [2.24, 2.45) is 4.99 Å². The first-order valence-electron chi connectivity index (χ1n) is 13.3. The third-order valence-corrected chi connectivity index (χ3v) is 8.03. The lowest BCUT2D eigenvalue weighted by atomic mass is 9.95. The van der Waals surface area contributed by atoms with Gasteiger partial charge in [0.2, 0.25) is 5.75 Å². The van der Waals surface area contributed by atoms with Gasteiger partial charge in [-0.2, -0.15) is 0 Å². The van der Waals surface area contributed by atoms with Crippen LogP contribution in [-0.2, 0) is 9.53 Å². The second-order valence-electron chi connectivity index (χ2n) is 9.87. The lowest BCUT2D eigenvalue weighted by Gasteiger charge is -2.26. The van der Waals surface area contributed by atoms with E-state index in [0.717, 1.165) is 22.4 Å². The molecule has 0 saturated heterocycles. The number of esters is 1. The second kappa shape index (κ2) is 12.2. The minimum atomic E-state index is -0.829. The zero-order chi connectivity index (χ0) is 30.0. The summed E-state index contributed by atoms with van der Waals surface area (Å²) >= 11 is 1.27. The van der Waals surface area contributed by atoms with Crippen LogP contribution in [-0.4, -0.2) is 45.6 Å². The predicted molar refractivity (Wildman–Crippen MR) is 158 cm³/mol. The fourth-order valence-electron chi connectivity index (χ4n) is 5.01. The van der Waals surface area contributed by atoms with Gasteiger partial charge in [-0.05, 0) is 79.3 Å². The fraction of sp³-hybridized carbons (Fsp3) is 0.387. The summed E-state index contributed by atoms with van der Waals surface area (Å²) in [6.07, 6.45) is 1.88. The number of carbonyl (C=O) groups excluding carboxylic acids is 1. The first-order valence-corrected chi connectivity index (χ1v) is 14.1. The number of nitrogens with zero attached hydrogens (tertiary/aromatic N) is 2. The van der Waals surface area contributed by atoms with Crippen LogP contribution in [0.5, 0.6) is 23.0 Å². The predicted octanol–water partition coefficient (Wildman–Crippen LogP) is 4.26. The molecule has 1 aromatic heterocycles. The molecular weight excluding hydrogens is 544 g/mol. The highest BCUT2D eigenvalue weighted by Crippen LogP contribution is 2.42. The summed E-state index contributed by atoms with van der Waals surface area (Å²) in [5.74, 6) is 1.70. The van der Waals surface area contributed by atoms with Crippen molar-refractivity contribution >= 4 is 23.4 Å². The van der Waals surface area contributed by atoms with Gasteiger partial charge in [-0.25, -0.2) is 9.79 Å². The van der Waals surface area contributed by atoms with Gasteiger partial charge in [-0.15, -0.1) is 0 Å². The quantitative estimate of drug-likeness (QED) is 0.349. The van der Waals surface area contributed by atoms with Crippen LogP contribution in [0.3, 0.4) is 0 Å². The second-order valence-corrected chi connectivity index (χ2v) is 10.9. The number of hydrogen-bond donors (Lipinski definition) is 0. The lowest BCUT2D eigenvalue weighted by Crippen LogP contribution is -2.40. The molecule has 0 radical (unpaired) electrons. The topological polar surface area (TPSA) is 97.6 Å².